The molecule has 0 unspecified atom stereocenters. The first kappa shape index (κ1) is 21.0. The Bertz CT molecular complexity index is 1010. The molecule has 1 aliphatic heterocycles. The number of piperidine rings is 1. The lowest BCUT2D eigenvalue weighted by Gasteiger charge is -2.30. The van der Waals surface area contributed by atoms with Crippen molar-refractivity contribution in [1.82, 2.24) is 15.0 Å². The number of ether oxygens (including phenoxy) is 1. The molecule has 1 aliphatic rings. The van der Waals surface area contributed by atoms with Gasteiger partial charge in [-0.05, 0) is 60.7 Å². The third-order valence-corrected chi connectivity index (χ3v) is 5.63. The summed E-state index contributed by atoms with van der Waals surface area (Å²) in [6, 6.07) is 13.7. The van der Waals surface area contributed by atoms with Crippen LogP contribution in [0, 0.1) is 5.82 Å². The lowest BCUT2D eigenvalue weighted by atomic mass is 9.95. The van der Waals surface area contributed by atoms with Crippen LogP contribution in [-0.4, -0.2) is 34.0 Å². The Morgan fingerprint density at radius 3 is 2.45 bits per heavy atom. The molecule has 1 saturated heterocycles. The van der Waals surface area contributed by atoms with Gasteiger partial charge < -0.3 is 14.2 Å². The van der Waals surface area contributed by atoms with Crippen LogP contribution in [0.1, 0.15) is 66.2 Å². The van der Waals surface area contributed by atoms with Gasteiger partial charge >= 0.3 is 0 Å². The topological polar surface area (TPSA) is 68.5 Å². The van der Waals surface area contributed by atoms with Crippen LogP contribution in [-0.2, 0) is 6.61 Å². The highest BCUT2D eigenvalue weighted by molar-refractivity contribution is 5.94. The second-order valence-electron chi connectivity index (χ2n) is 8.13. The van der Waals surface area contributed by atoms with Crippen molar-refractivity contribution in [2.45, 2.75) is 45.1 Å². The minimum absolute atomic E-state index is 0.0651. The standard InChI is InChI=1S/C24H26FN3O3/c1-16(2)17-3-5-19(6-4-17)24(29)28-13-11-18(12-14-28)23-26-22(31-27-23)15-30-21-9-7-20(25)8-10-21/h3-10,16,18H,11-15H2,1-2H3. The van der Waals surface area contributed by atoms with Crippen molar-refractivity contribution in [3.05, 3.63) is 77.2 Å². The zero-order chi connectivity index (χ0) is 21.8. The van der Waals surface area contributed by atoms with Gasteiger partial charge in [0, 0.05) is 24.6 Å². The zero-order valence-corrected chi connectivity index (χ0v) is 17.8. The molecule has 0 saturated carbocycles. The Morgan fingerprint density at radius 2 is 1.81 bits per heavy atom. The Balaban J connectivity index is 1.29. The molecule has 2 aromatic carbocycles. The van der Waals surface area contributed by atoms with Crippen LogP contribution in [0.2, 0.25) is 0 Å². The fourth-order valence-electron chi connectivity index (χ4n) is 3.70. The van der Waals surface area contributed by atoms with Gasteiger partial charge in [-0.25, -0.2) is 4.39 Å². The Morgan fingerprint density at radius 1 is 1.13 bits per heavy atom. The molecule has 2 heterocycles. The van der Waals surface area contributed by atoms with E-state index in [0.29, 0.717) is 36.5 Å². The van der Waals surface area contributed by atoms with E-state index < -0.39 is 0 Å². The molecular formula is C24H26FN3O3. The number of nitrogens with zero attached hydrogens (tertiary/aromatic N) is 3. The number of hydrogen-bond acceptors (Lipinski definition) is 5. The molecule has 1 amide bonds. The number of amides is 1. The maximum Gasteiger partial charge on any atom is 0.264 e. The number of hydrogen-bond donors (Lipinski definition) is 0. The van der Waals surface area contributed by atoms with Crippen LogP contribution >= 0.6 is 0 Å². The van der Waals surface area contributed by atoms with Crippen molar-refractivity contribution >= 4 is 5.91 Å². The molecule has 7 heteroatoms. The fourth-order valence-corrected chi connectivity index (χ4v) is 3.70. The molecule has 3 aromatic rings. The van der Waals surface area contributed by atoms with E-state index in [1.807, 2.05) is 29.2 Å². The molecule has 0 bridgehead atoms. The summed E-state index contributed by atoms with van der Waals surface area (Å²) in [5.41, 5.74) is 1.95. The molecule has 0 spiro atoms. The highest BCUT2D eigenvalue weighted by Gasteiger charge is 2.27. The van der Waals surface area contributed by atoms with Gasteiger partial charge in [0.2, 0.25) is 0 Å². The van der Waals surface area contributed by atoms with E-state index in [2.05, 4.69) is 24.0 Å². The van der Waals surface area contributed by atoms with Crippen LogP contribution in [0.25, 0.3) is 0 Å². The van der Waals surface area contributed by atoms with Crippen molar-refractivity contribution < 1.29 is 18.4 Å². The van der Waals surface area contributed by atoms with E-state index >= 15 is 0 Å². The van der Waals surface area contributed by atoms with Crippen LogP contribution < -0.4 is 4.74 Å². The van der Waals surface area contributed by atoms with Crippen molar-refractivity contribution in [3.8, 4) is 5.75 Å². The number of aromatic nitrogens is 2. The number of likely N-dealkylation sites (tertiary alicyclic amines) is 1. The Hall–Kier alpha value is -3.22. The molecule has 6 nitrogen and oxygen atoms in total. The smallest absolute Gasteiger partial charge is 0.264 e. The maximum atomic E-state index is 13.0. The number of carbonyl (C=O) groups is 1. The van der Waals surface area contributed by atoms with Crippen molar-refractivity contribution in [3.63, 3.8) is 0 Å². The quantitative estimate of drug-likeness (QED) is 0.562. The van der Waals surface area contributed by atoms with E-state index in [-0.39, 0.29) is 24.2 Å². The molecule has 0 N–H and O–H groups in total. The first-order valence-electron chi connectivity index (χ1n) is 10.6. The summed E-state index contributed by atoms with van der Waals surface area (Å²) < 4.78 is 23.8. The summed E-state index contributed by atoms with van der Waals surface area (Å²) in [5, 5.41) is 4.09. The molecule has 31 heavy (non-hydrogen) atoms. The van der Waals surface area contributed by atoms with E-state index in [1.165, 1.54) is 17.7 Å². The molecule has 0 aliphatic carbocycles. The second-order valence-corrected chi connectivity index (χ2v) is 8.13. The van der Waals surface area contributed by atoms with Crippen LogP contribution in [0.15, 0.2) is 53.1 Å². The van der Waals surface area contributed by atoms with Gasteiger partial charge in [0.25, 0.3) is 11.8 Å². The van der Waals surface area contributed by atoms with Gasteiger partial charge in [0.1, 0.15) is 11.6 Å². The van der Waals surface area contributed by atoms with Gasteiger partial charge in [-0.3, -0.25) is 4.79 Å². The third-order valence-electron chi connectivity index (χ3n) is 5.63. The summed E-state index contributed by atoms with van der Waals surface area (Å²) in [7, 11) is 0. The first-order valence-corrected chi connectivity index (χ1v) is 10.6. The van der Waals surface area contributed by atoms with E-state index in [4.69, 9.17) is 9.26 Å². The predicted octanol–water partition coefficient (Wildman–Crippen LogP) is 4.93. The minimum Gasteiger partial charge on any atom is -0.484 e. The molecule has 0 radical (unpaired) electrons. The number of carbonyl (C=O) groups excluding carboxylic acids is 1. The first-order chi connectivity index (χ1) is 15.0. The molecule has 4 rings (SSSR count). The number of benzene rings is 2. The molecule has 1 aromatic heterocycles. The molecule has 162 valence electrons. The molecule has 0 atom stereocenters. The van der Waals surface area contributed by atoms with Gasteiger partial charge in [0.05, 0.1) is 0 Å². The summed E-state index contributed by atoms with van der Waals surface area (Å²) in [5.74, 6) is 1.90. The van der Waals surface area contributed by atoms with Crippen LogP contribution in [0.5, 0.6) is 5.75 Å². The van der Waals surface area contributed by atoms with E-state index in [9.17, 15) is 9.18 Å². The average Bonchev–Trinajstić information content (AvgIpc) is 3.27. The SMILES string of the molecule is CC(C)c1ccc(C(=O)N2CCC(c3noc(COc4ccc(F)cc4)n3)CC2)cc1. The summed E-state index contributed by atoms with van der Waals surface area (Å²) in [6.45, 7) is 5.72. The van der Waals surface area contributed by atoms with Crippen molar-refractivity contribution in [2.24, 2.45) is 0 Å². The Labute approximate surface area is 181 Å². The fraction of sp³-hybridized carbons (Fsp3) is 0.375. The maximum absolute atomic E-state index is 13.0. The van der Waals surface area contributed by atoms with E-state index in [1.54, 1.807) is 12.1 Å². The van der Waals surface area contributed by atoms with Crippen molar-refractivity contribution in [2.75, 3.05) is 13.1 Å². The van der Waals surface area contributed by atoms with Gasteiger partial charge in [-0.15, -0.1) is 0 Å². The number of halogens is 1. The van der Waals surface area contributed by atoms with Crippen LogP contribution in [0.3, 0.4) is 0 Å². The van der Waals surface area contributed by atoms with Gasteiger partial charge in [0.15, 0.2) is 12.4 Å². The summed E-state index contributed by atoms with van der Waals surface area (Å²) in [4.78, 5) is 19.1. The average molecular weight is 423 g/mol. The minimum atomic E-state index is -0.315. The number of rotatable bonds is 6. The third kappa shape index (κ3) is 5.10. The second kappa shape index (κ2) is 9.29. The van der Waals surface area contributed by atoms with Gasteiger partial charge in [-0.1, -0.05) is 31.1 Å². The highest BCUT2D eigenvalue weighted by Crippen LogP contribution is 2.27. The largest absolute Gasteiger partial charge is 0.484 e. The normalized spacial score (nSPS) is 14.8. The lowest BCUT2D eigenvalue weighted by Crippen LogP contribution is -2.38. The highest BCUT2D eigenvalue weighted by atomic mass is 19.1. The van der Waals surface area contributed by atoms with Crippen molar-refractivity contribution in [1.29, 1.82) is 0 Å². The zero-order valence-electron chi connectivity index (χ0n) is 17.8. The lowest BCUT2D eigenvalue weighted by molar-refractivity contribution is 0.0710. The van der Waals surface area contributed by atoms with Crippen LogP contribution in [0.4, 0.5) is 4.39 Å². The summed E-state index contributed by atoms with van der Waals surface area (Å²) in [6.07, 6.45) is 1.57. The summed E-state index contributed by atoms with van der Waals surface area (Å²) >= 11 is 0. The molecule has 1 fully saturated rings. The van der Waals surface area contributed by atoms with E-state index in [0.717, 1.165) is 18.4 Å². The van der Waals surface area contributed by atoms with Gasteiger partial charge in [-0.2, -0.15) is 4.98 Å². The Kier molecular flexibility index (Phi) is 6.30. The predicted molar refractivity (Wildman–Crippen MR) is 113 cm³/mol. The molecular weight excluding hydrogens is 397 g/mol. The monoisotopic (exact) mass is 423 g/mol.